The zero-order valence-corrected chi connectivity index (χ0v) is 13.7. The summed E-state index contributed by atoms with van der Waals surface area (Å²) in [5.41, 5.74) is 1.08. The maximum atomic E-state index is 12.9. The van der Waals surface area contributed by atoms with Crippen LogP contribution in [0, 0.1) is 12.8 Å². The van der Waals surface area contributed by atoms with Crippen molar-refractivity contribution in [2.75, 3.05) is 0 Å². The Balaban J connectivity index is 2.33. The third-order valence-electron chi connectivity index (χ3n) is 4.05. The van der Waals surface area contributed by atoms with Gasteiger partial charge in [-0.25, -0.2) is 8.42 Å². The molecule has 0 aliphatic carbocycles. The van der Waals surface area contributed by atoms with E-state index >= 15 is 0 Å². The Bertz CT molecular complexity index is 548. The van der Waals surface area contributed by atoms with Gasteiger partial charge in [0.05, 0.1) is 4.90 Å². The van der Waals surface area contributed by atoms with Gasteiger partial charge in [0.1, 0.15) is 0 Å². The number of hydrogen-bond acceptors (Lipinski definition) is 2. The molecule has 1 aliphatic rings. The first-order chi connectivity index (χ1) is 9.32. The molecule has 20 heavy (non-hydrogen) atoms. The van der Waals surface area contributed by atoms with E-state index in [0.717, 1.165) is 24.8 Å². The van der Waals surface area contributed by atoms with E-state index in [-0.39, 0.29) is 12.1 Å². The van der Waals surface area contributed by atoms with Crippen molar-refractivity contribution in [3.8, 4) is 0 Å². The van der Waals surface area contributed by atoms with Crippen LogP contribution in [-0.4, -0.2) is 24.8 Å². The van der Waals surface area contributed by atoms with Gasteiger partial charge in [-0.05, 0) is 51.2 Å². The summed E-state index contributed by atoms with van der Waals surface area (Å²) < 4.78 is 27.5. The Labute approximate surface area is 123 Å². The third kappa shape index (κ3) is 3.07. The highest BCUT2D eigenvalue weighted by Gasteiger charge is 2.39. The third-order valence-corrected chi connectivity index (χ3v) is 6.13. The molecule has 0 N–H and O–H groups in total. The SMILES string of the molecule is Cc1ccc(S(=O)(=O)N2[C@@H](CC(C)C)CC[C@@H]2C)cc1. The van der Waals surface area contributed by atoms with Gasteiger partial charge >= 0.3 is 0 Å². The molecule has 0 unspecified atom stereocenters. The number of benzene rings is 1. The minimum absolute atomic E-state index is 0.102. The van der Waals surface area contributed by atoms with Gasteiger partial charge in [-0.2, -0.15) is 4.31 Å². The van der Waals surface area contributed by atoms with Crippen LogP contribution in [0.4, 0.5) is 0 Å². The molecule has 0 saturated carbocycles. The predicted molar refractivity (Wildman–Crippen MR) is 82.1 cm³/mol. The van der Waals surface area contributed by atoms with Crippen LogP contribution in [0.2, 0.25) is 0 Å². The van der Waals surface area contributed by atoms with E-state index in [1.807, 2.05) is 26.0 Å². The Morgan fingerprint density at radius 2 is 1.80 bits per heavy atom. The molecule has 0 radical (unpaired) electrons. The van der Waals surface area contributed by atoms with E-state index in [9.17, 15) is 8.42 Å². The van der Waals surface area contributed by atoms with Crippen LogP contribution in [0.1, 0.15) is 45.6 Å². The van der Waals surface area contributed by atoms with E-state index in [4.69, 9.17) is 0 Å². The quantitative estimate of drug-likeness (QED) is 0.851. The normalized spacial score (nSPS) is 24.4. The van der Waals surface area contributed by atoms with Crippen LogP contribution in [0.3, 0.4) is 0 Å². The van der Waals surface area contributed by atoms with Crippen molar-refractivity contribution >= 4 is 10.0 Å². The largest absolute Gasteiger partial charge is 0.243 e. The van der Waals surface area contributed by atoms with Crippen LogP contribution in [0.15, 0.2) is 29.2 Å². The topological polar surface area (TPSA) is 37.4 Å². The highest BCUT2D eigenvalue weighted by atomic mass is 32.2. The molecule has 3 nitrogen and oxygen atoms in total. The average Bonchev–Trinajstić information content (AvgIpc) is 2.70. The Kier molecular flexibility index (Phi) is 4.55. The molecule has 1 saturated heterocycles. The minimum atomic E-state index is -3.37. The molecule has 1 heterocycles. The molecular weight excluding hydrogens is 270 g/mol. The number of aryl methyl sites for hydroxylation is 1. The predicted octanol–water partition coefficient (Wildman–Crippen LogP) is 3.58. The molecule has 2 rings (SSSR count). The van der Waals surface area contributed by atoms with E-state index in [0.29, 0.717) is 10.8 Å². The van der Waals surface area contributed by atoms with Gasteiger partial charge in [0.15, 0.2) is 0 Å². The lowest BCUT2D eigenvalue weighted by Gasteiger charge is -2.28. The lowest BCUT2D eigenvalue weighted by atomic mass is 10.0. The van der Waals surface area contributed by atoms with Crippen molar-refractivity contribution < 1.29 is 8.42 Å². The minimum Gasteiger partial charge on any atom is -0.207 e. The van der Waals surface area contributed by atoms with Gasteiger partial charge in [-0.3, -0.25) is 0 Å². The molecular formula is C16H25NO2S. The Morgan fingerprint density at radius 3 is 2.35 bits per heavy atom. The van der Waals surface area contributed by atoms with Crippen LogP contribution in [0.25, 0.3) is 0 Å². The smallest absolute Gasteiger partial charge is 0.207 e. The average molecular weight is 295 g/mol. The monoisotopic (exact) mass is 295 g/mol. The second kappa shape index (κ2) is 5.86. The lowest BCUT2D eigenvalue weighted by molar-refractivity contribution is 0.299. The summed E-state index contributed by atoms with van der Waals surface area (Å²) in [6, 6.07) is 7.43. The van der Waals surface area contributed by atoms with Gasteiger partial charge in [0.25, 0.3) is 0 Å². The molecule has 0 amide bonds. The second-order valence-electron chi connectivity index (χ2n) is 6.36. The van der Waals surface area contributed by atoms with Gasteiger partial charge in [-0.15, -0.1) is 0 Å². The van der Waals surface area contributed by atoms with Crippen molar-refractivity contribution in [3.05, 3.63) is 29.8 Å². The first-order valence-corrected chi connectivity index (χ1v) is 8.86. The standard InChI is InChI=1S/C16H25NO2S/c1-12(2)11-15-8-7-14(4)17(15)20(18,19)16-9-5-13(3)6-10-16/h5-6,9-10,12,14-15H,7-8,11H2,1-4H3/t14-,15+/m0/s1. The molecule has 1 aliphatic heterocycles. The highest BCUT2D eigenvalue weighted by molar-refractivity contribution is 7.89. The second-order valence-corrected chi connectivity index (χ2v) is 8.20. The summed E-state index contributed by atoms with van der Waals surface area (Å²) >= 11 is 0. The van der Waals surface area contributed by atoms with E-state index < -0.39 is 10.0 Å². The summed E-state index contributed by atoms with van der Waals surface area (Å²) in [5.74, 6) is 0.515. The van der Waals surface area contributed by atoms with Crippen LogP contribution < -0.4 is 0 Å². The molecule has 112 valence electrons. The molecule has 1 fully saturated rings. The Morgan fingerprint density at radius 1 is 1.20 bits per heavy atom. The zero-order chi connectivity index (χ0) is 14.9. The Hall–Kier alpha value is -0.870. The number of hydrogen-bond donors (Lipinski definition) is 0. The van der Waals surface area contributed by atoms with Gasteiger partial charge in [0.2, 0.25) is 10.0 Å². The zero-order valence-electron chi connectivity index (χ0n) is 12.8. The molecule has 0 spiro atoms. The fourth-order valence-corrected chi connectivity index (χ4v) is 4.97. The van der Waals surface area contributed by atoms with E-state index in [1.54, 1.807) is 16.4 Å². The van der Waals surface area contributed by atoms with Crippen molar-refractivity contribution in [2.24, 2.45) is 5.92 Å². The summed E-state index contributed by atoms with van der Waals surface area (Å²) in [6.07, 6.45) is 2.88. The fourth-order valence-electron chi connectivity index (χ4n) is 3.08. The van der Waals surface area contributed by atoms with E-state index in [1.165, 1.54) is 0 Å². The molecule has 0 aromatic heterocycles. The molecule has 2 atom stereocenters. The lowest BCUT2D eigenvalue weighted by Crippen LogP contribution is -2.40. The van der Waals surface area contributed by atoms with Gasteiger partial charge in [0, 0.05) is 12.1 Å². The fraction of sp³-hybridized carbons (Fsp3) is 0.625. The molecule has 4 heteroatoms. The van der Waals surface area contributed by atoms with Gasteiger partial charge in [-0.1, -0.05) is 31.5 Å². The van der Waals surface area contributed by atoms with Crippen molar-refractivity contribution in [2.45, 2.75) is 63.9 Å². The first kappa shape index (κ1) is 15.5. The summed E-state index contributed by atoms with van der Waals surface area (Å²) in [4.78, 5) is 0.422. The maximum absolute atomic E-state index is 12.9. The number of sulfonamides is 1. The molecule has 1 aromatic rings. The van der Waals surface area contributed by atoms with Crippen LogP contribution >= 0.6 is 0 Å². The number of rotatable bonds is 4. The summed E-state index contributed by atoms with van der Waals surface area (Å²) in [5, 5.41) is 0. The summed E-state index contributed by atoms with van der Waals surface area (Å²) in [6.45, 7) is 8.29. The van der Waals surface area contributed by atoms with Gasteiger partial charge < -0.3 is 0 Å². The first-order valence-electron chi connectivity index (χ1n) is 7.42. The highest BCUT2D eigenvalue weighted by Crippen LogP contribution is 2.33. The van der Waals surface area contributed by atoms with Crippen molar-refractivity contribution in [1.29, 1.82) is 0 Å². The van der Waals surface area contributed by atoms with Crippen molar-refractivity contribution in [3.63, 3.8) is 0 Å². The maximum Gasteiger partial charge on any atom is 0.243 e. The molecule has 1 aromatic carbocycles. The summed E-state index contributed by atoms with van der Waals surface area (Å²) in [7, 11) is -3.37. The van der Waals surface area contributed by atoms with Crippen molar-refractivity contribution in [1.82, 2.24) is 4.31 Å². The van der Waals surface area contributed by atoms with Crippen LogP contribution in [-0.2, 0) is 10.0 Å². The van der Waals surface area contributed by atoms with E-state index in [2.05, 4.69) is 13.8 Å². The number of nitrogens with zero attached hydrogens (tertiary/aromatic N) is 1. The molecule has 0 bridgehead atoms. The van der Waals surface area contributed by atoms with Crippen LogP contribution in [0.5, 0.6) is 0 Å².